The SMILES string of the molecule is Cn1c(=O)c2c(-c3cccc(Br)c3)n3c(c2n(C)c1=O)[C@H](c1cccc(O)c1O)OCC3. The predicted molar refractivity (Wildman–Crippen MR) is 123 cm³/mol. The molecule has 32 heavy (non-hydrogen) atoms. The molecule has 1 aliphatic rings. The molecule has 2 N–H and O–H groups in total. The van der Waals surface area contributed by atoms with Gasteiger partial charge >= 0.3 is 5.69 Å². The third-order valence-corrected chi connectivity index (χ3v) is 6.47. The molecular weight excluding hydrogens is 478 g/mol. The molecule has 164 valence electrons. The Morgan fingerprint density at radius 1 is 1.06 bits per heavy atom. The Morgan fingerprint density at radius 3 is 2.56 bits per heavy atom. The van der Waals surface area contributed by atoms with E-state index >= 15 is 0 Å². The Labute approximate surface area is 190 Å². The van der Waals surface area contributed by atoms with Gasteiger partial charge in [0.25, 0.3) is 5.56 Å². The van der Waals surface area contributed by atoms with Crippen LogP contribution < -0.4 is 11.2 Å². The number of aryl methyl sites for hydroxylation is 1. The van der Waals surface area contributed by atoms with Crippen LogP contribution in [-0.2, 0) is 25.4 Å². The summed E-state index contributed by atoms with van der Waals surface area (Å²) >= 11 is 3.50. The summed E-state index contributed by atoms with van der Waals surface area (Å²) in [4.78, 5) is 26.2. The van der Waals surface area contributed by atoms with Crippen molar-refractivity contribution in [2.75, 3.05) is 6.61 Å². The summed E-state index contributed by atoms with van der Waals surface area (Å²) in [5.41, 5.74) is 2.02. The molecule has 0 radical (unpaired) electrons. The van der Waals surface area contributed by atoms with Gasteiger partial charge in [-0.05, 0) is 18.2 Å². The number of rotatable bonds is 2. The lowest BCUT2D eigenvalue weighted by atomic mass is 10.0. The summed E-state index contributed by atoms with van der Waals surface area (Å²) in [6, 6.07) is 12.3. The third-order valence-electron chi connectivity index (χ3n) is 5.98. The molecule has 2 aromatic carbocycles. The highest BCUT2D eigenvalue weighted by Gasteiger charge is 2.34. The number of aromatic hydroxyl groups is 2. The lowest BCUT2D eigenvalue weighted by Crippen LogP contribution is -2.37. The molecule has 4 aromatic rings. The molecule has 0 bridgehead atoms. The standard InChI is InChI=1S/C23H20BrN3O5/c1-25-18-16(22(30)26(2)23(25)31)17(12-5-3-6-13(24)11-12)27-9-10-32-21(19(18)27)14-7-4-8-15(28)20(14)29/h3-8,11,21,28-29H,9-10H2,1-2H3/t21-/m0/s1. The molecule has 9 heteroatoms. The van der Waals surface area contributed by atoms with E-state index in [-0.39, 0.29) is 11.5 Å². The lowest BCUT2D eigenvalue weighted by molar-refractivity contribution is 0.0462. The van der Waals surface area contributed by atoms with Gasteiger partial charge in [-0.15, -0.1) is 0 Å². The Bertz CT molecular complexity index is 1520. The summed E-state index contributed by atoms with van der Waals surface area (Å²) in [5, 5.41) is 21.0. The van der Waals surface area contributed by atoms with Crippen LogP contribution in [0.3, 0.4) is 0 Å². The molecule has 2 aromatic heterocycles. The molecular formula is C23H20BrN3O5. The van der Waals surface area contributed by atoms with E-state index in [4.69, 9.17) is 4.74 Å². The van der Waals surface area contributed by atoms with Crippen molar-refractivity contribution >= 4 is 26.8 Å². The van der Waals surface area contributed by atoms with Crippen molar-refractivity contribution in [2.24, 2.45) is 14.1 Å². The zero-order valence-electron chi connectivity index (χ0n) is 17.4. The summed E-state index contributed by atoms with van der Waals surface area (Å²) in [5.74, 6) is -0.561. The molecule has 0 saturated carbocycles. The summed E-state index contributed by atoms with van der Waals surface area (Å²) < 4.78 is 11.4. The van der Waals surface area contributed by atoms with Gasteiger partial charge in [-0.1, -0.05) is 40.2 Å². The first-order valence-corrected chi connectivity index (χ1v) is 10.8. The van der Waals surface area contributed by atoms with Crippen molar-refractivity contribution < 1.29 is 14.9 Å². The Balaban J connectivity index is 1.97. The first-order valence-electron chi connectivity index (χ1n) is 10.0. The topological polar surface area (TPSA) is 98.6 Å². The Kier molecular flexibility index (Phi) is 4.75. The number of hydrogen-bond acceptors (Lipinski definition) is 5. The molecule has 3 heterocycles. The van der Waals surface area contributed by atoms with Crippen LogP contribution in [0.5, 0.6) is 11.5 Å². The van der Waals surface area contributed by atoms with Crippen LogP contribution in [0.2, 0.25) is 0 Å². The molecule has 0 saturated heterocycles. The number of nitrogens with zero attached hydrogens (tertiary/aromatic N) is 3. The van der Waals surface area contributed by atoms with Gasteiger partial charge in [0, 0.05) is 36.2 Å². The van der Waals surface area contributed by atoms with Crippen molar-refractivity contribution in [1.29, 1.82) is 0 Å². The average Bonchev–Trinajstić information content (AvgIpc) is 3.14. The van der Waals surface area contributed by atoms with E-state index in [1.165, 1.54) is 17.7 Å². The van der Waals surface area contributed by atoms with Gasteiger partial charge < -0.3 is 19.5 Å². The summed E-state index contributed by atoms with van der Waals surface area (Å²) in [6.07, 6.45) is -0.781. The van der Waals surface area contributed by atoms with Gasteiger partial charge in [-0.2, -0.15) is 0 Å². The maximum Gasteiger partial charge on any atom is 0.331 e. The number of hydrogen-bond donors (Lipinski definition) is 2. The van der Waals surface area contributed by atoms with E-state index in [1.807, 2.05) is 28.8 Å². The van der Waals surface area contributed by atoms with Crippen molar-refractivity contribution in [3.8, 4) is 22.8 Å². The molecule has 0 unspecified atom stereocenters. The molecule has 8 nitrogen and oxygen atoms in total. The number of halogens is 1. The zero-order chi connectivity index (χ0) is 22.7. The van der Waals surface area contributed by atoms with Crippen LogP contribution in [0.4, 0.5) is 0 Å². The van der Waals surface area contributed by atoms with E-state index < -0.39 is 17.4 Å². The van der Waals surface area contributed by atoms with Crippen LogP contribution in [0.15, 0.2) is 56.5 Å². The predicted octanol–water partition coefficient (Wildman–Crippen LogP) is 3.00. The number of phenols is 2. The summed E-state index contributed by atoms with van der Waals surface area (Å²) in [6.45, 7) is 0.780. The Hall–Kier alpha value is -3.30. The van der Waals surface area contributed by atoms with E-state index in [1.54, 1.807) is 19.2 Å². The molecule has 0 aliphatic carbocycles. The fourth-order valence-corrected chi connectivity index (χ4v) is 4.91. The number of fused-ring (bicyclic) bond motifs is 3. The largest absolute Gasteiger partial charge is 0.504 e. The van der Waals surface area contributed by atoms with Gasteiger partial charge in [0.15, 0.2) is 11.5 Å². The normalized spacial score (nSPS) is 15.8. The van der Waals surface area contributed by atoms with Crippen molar-refractivity contribution in [2.45, 2.75) is 12.6 Å². The number of benzene rings is 2. The first kappa shape index (κ1) is 20.6. The second-order valence-corrected chi connectivity index (χ2v) is 8.71. The monoisotopic (exact) mass is 497 g/mol. The third kappa shape index (κ3) is 2.85. The van der Waals surface area contributed by atoms with Crippen molar-refractivity contribution in [3.05, 3.63) is 79.0 Å². The average molecular weight is 498 g/mol. The zero-order valence-corrected chi connectivity index (χ0v) is 19.0. The van der Waals surface area contributed by atoms with Gasteiger partial charge in [-0.25, -0.2) is 4.79 Å². The van der Waals surface area contributed by atoms with Crippen molar-refractivity contribution in [3.63, 3.8) is 0 Å². The van der Waals surface area contributed by atoms with E-state index in [0.29, 0.717) is 41.0 Å². The molecule has 5 rings (SSSR count). The van der Waals surface area contributed by atoms with Crippen LogP contribution in [0.1, 0.15) is 17.4 Å². The summed E-state index contributed by atoms with van der Waals surface area (Å²) in [7, 11) is 3.07. The van der Waals surface area contributed by atoms with Crippen LogP contribution >= 0.6 is 15.9 Å². The second kappa shape index (κ2) is 7.39. The quantitative estimate of drug-likeness (QED) is 0.414. The highest BCUT2D eigenvalue weighted by atomic mass is 79.9. The van der Waals surface area contributed by atoms with Gasteiger partial charge in [0.05, 0.1) is 28.9 Å². The number of para-hydroxylation sites is 1. The van der Waals surface area contributed by atoms with Crippen molar-refractivity contribution in [1.82, 2.24) is 13.7 Å². The second-order valence-electron chi connectivity index (χ2n) is 7.79. The number of phenolic OH excluding ortho intramolecular Hbond substituents is 2. The lowest BCUT2D eigenvalue weighted by Gasteiger charge is -2.28. The van der Waals surface area contributed by atoms with E-state index in [0.717, 1.165) is 14.6 Å². The van der Waals surface area contributed by atoms with Crippen LogP contribution in [0.25, 0.3) is 22.2 Å². The maximum absolute atomic E-state index is 13.4. The molecule has 0 amide bonds. The van der Waals surface area contributed by atoms with Gasteiger partial charge in [0.2, 0.25) is 0 Å². The minimum atomic E-state index is -0.781. The Morgan fingerprint density at radius 2 is 1.81 bits per heavy atom. The highest BCUT2D eigenvalue weighted by Crippen LogP contribution is 2.44. The fraction of sp³-hybridized carbons (Fsp3) is 0.217. The first-order chi connectivity index (χ1) is 15.3. The van der Waals surface area contributed by atoms with E-state index in [9.17, 15) is 19.8 Å². The van der Waals surface area contributed by atoms with Gasteiger partial charge in [0.1, 0.15) is 6.10 Å². The van der Waals surface area contributed by atoms with E-state index in [2.05, 4.69) is 15.9 Å². The fourth-order valence-electron chi connectivity index (χ4n) is 4.51. The molecule has 0 fully saturated rings. The molecule has 1 aliphatic heterocycles. The smallest absolute Gasteiger partial charge is 0.331 e. The maximum atomic E-state index is 13.4. The molecule has 1 atom stereocenters. The minimum Gasteiger partial charge on any atom is -0.504 e. The van der Waals surface area contributed by atoms with Crippen LogP contribution in [-0.4, -0.2) is 30.5 Å². The van der Waals surface area contributed by atoms with Crippen LogP contribution in [0, 0.1) is 0 Å². The van der Waals surface area contributed by atoms with Gasteiger partial charge in [-0.3, -0.25) is 13.9 Å². The minimum absolute atomic E-state index is 0.267. The number of ether oxygens (including phenoxy) is 1. The molecule has 0 spiro atoms. The number of aromatic nitrogens is 3. The highest BCUT2D eigenvalue weighted by molar-refractivity contribution is 9.10.